The van der Waals surface area contributed by atoms with Crippen LogP contribution in [0.3, 0.4) is 0 Å². The van der Waals surface area contributed by atoms with E-state index in [1.54, 1.807) is 10.2 Å². The van der Waals surface area contributed by atoms with E-state index in [1.807, 2.05) is 22.6 Å². The van der Waals surface area contributed by atoms with Gasteiger partial charge in [0.1, 0.15) is 4.91 Å². The lowest BCUT2D eigenvalue weighted by atomic mass is 10.3. The number of hydrogen-bond acceptors (Lipinski definition) is 3. The highest BCUT2D eigenvalue weighted by Crippen LogP contribution is 2.18. The first-order chi connectivity index (χ1) is 5.61. The number of nitrogens with zero attached hydrogens (tertiary/aromatic N) is 1. The molecule has 4 nitrogen and oxygen atoms in total. The van der Waals surface area contributed by atoms with Crippen molar-refractivity contribution in [3.63, 3.8) is 0 Å². The van der Waals surface area contributed by atoms with Crippen molar-refractivity contribution < 1.29 is 8.42 Å². The summed E-state index contributed by atoms with van der Waals surface area (Å²) in [6, 6.07) is 0. The minimum atomic E-state index is -3.56. The standard InChI is InChI=1S/C6H5IN2O2S/c7-2-1-5-4-9-12(10,11)6(5)3-8/h1-4,8H/b2-1-,8-3?. The van der Waals surface area contributed by atoms with Gasteiger partial charge in [0.2, 0.25) is 0 Å². The number of hydrogen-bond donors (Lipinski definition) is 1. The van der Waals surface area contributed by atoms with E-state index in [0.29, 0.717) is 5.57 Å². The molecule has 0 radical (unpaired) electrons. The number of allylic oxidation sites excluding steroid dienone is 3. The summed E-state index contributed by atoms with van der Waals surface area (Å²) in [4.78, 5) is -0.0459. The van der Waals surface area contributed by atoms with Crippen LogP contribution in [0.2, 0.25) is 0 Å². The van der Waals surface area contributed by atoms with E-state index in [9.17, 15) is 8.42 Å². The third kappa shape index (κ3) is 1.63. The zero-order valence-electron chi connectivity index (χ0n) is 5.86. The summed E-state index contributed by atoms with van der Waals surface area (Å²) in [5.74, 6) is 0. The Bertz CT molecular complexity index is 392. The van der Waals surface area contributed by atoms with E-state index < -0.39 is 10.0 Å². The van der Waals surface area contributed by atoms with E-state index in [1.165, 1.54) is 6.21 Å². The average molecular weight is 296 g/mol. The lowest BCUT2D eigenvalue weighted by Gasteiger charge is -1.91. The molecule has 0 saturated carbocycles. The molecule has 0 fully saturated rings. The Morgan fingerprint density at radius 2 is 2.25 bits per heavy atom. The van der Waals surface area contributed by atoms with Gasteiger partial charge in [-0.3, -0.25) is 0 Å². The highest BCUT2D eigenvalue weighted by atomic mass is 127. The van der Waals surface area contributed by atoms with E-state index in [2.05, 4.69) is 4.40 Å². The minimum Gasteiger partial charge on any atom is -0.307 e. The SMILES string of the molecule is N=CC1=C(/C=C\I)C=NS1(=O)=O. The molecule has 0 amide bonds. The molecule has 1 rings (SSSR count). The van der Waals surface area contributed by atoms with Crippen LogP contribution < -0.4 is 0 Å². The summed E-state index contributed by atoms with van der Waals surface area (Å²) >= 11 is 1.97. The van der Waals surface area contributed by atoms with Gasteiger partial charge in [0, 0.05) is 18.0 Å². The van der Waals surface area contributed by atoms with Gasteiger partial charge in [0.25, 0.3) is 10.0 Å². The Labute approximate surface area is 83.8 Å². The summed E-state index contributed by atoms with van der Waals surface area (Å²) in [7, 11) is -3.56. The third-order valence-electron chi connectivity index (χ3n) is 1.27. The second-order valence-corrected chi connectivity index (χ2v) is 4.29. The summed E-state index contributed by atoms with van der Waals surface area (Å²) in [5.41, 5.74) is 0.458. The average Bonchev–Trinajstić information content (AvgIpc) is 2.27. The molecule has 64 valence electrons. The van der Waals surface area contributed by atoms with Gasteiger partial charge >= 0.3 is 0 Å². The monoisotopic (exact) mass is 296 g/mol. The van der Waals surface area contributed by atoms with E-state index in [4.69, 9.17) is 5.41 Å². The summed E-state index contributed by atoms with van der Waals surface area (Å²) < 4.78 is 27.0. The van der Waals surface area contributed by atoms with Crippen molar-refractivity contribution in [2.45, 2.75) is 0 Å². The molecule has 6 heteroatoms. The molecule has 1 aliphatic rings. The summed E-state index contributed by atoms with van der Waals surface area (Å²) in [5, 5.41) is 6.89. The fourth-order valence-corrected chi connectivity index (χ4v) is 2.07. The van der Waals surface area contributed by atoms with Gasteiger partial charge in [-0.15, -0.1) is 0 Å². The van der Waals surface area contributed by atoms with Crippen LogP contribution in [0.4, 0.5) is 0 Å². The van der Waals surface area contributed by atoms with Gasteiger partial charge in [-0.1, -0.05) is 22.6 Å². The second-order valence-electron chi connectivity index (χ2n) is 1.97. The van der Waals surface area contributed by atoms with Crippen LogP contribution in [0, 0.1) is 5.41 Å². The zero-order valence-corrected chi connectivity index (χ0v) is 8.83. The molecule has 0 aromatic heterocycles. The Kier molecular flexibility index (Phi) is 2.78. The largest absolute Gasteiger partial charge is 0.307 e. The van der Waals surface area contributed by atoms with Crippen LogP contribution in [0.15, 0.2) is 25.0 Å². The first-order valence-electron chi connectivity index (χ1n) is 2.93. The molecule has 1 aliphatic heterocycles. The first-order valence-corrected chi connectivity index (χ1v) is 5.62. The van der Waals surface area contributed by atoms with E-state index in [-0.39, 0.29) is 4.91 Å². The quantitative estimate of drug-likeness (QED) is 0.615. The Hall–Kier alpha value is -0.500. The molecule has 0 bridgehead atoms. The molecule has 1 N–H and O–H groups in total. The number of halogens is 1. The molecular formula is C6H5IN2O2S. The molecule has 0 aliphatic carbocycles. The Morgan fingerprint density at radius 3 is 2.75 bits per heavy atom. The lowest BCUT2D eigenvalue weighted by Crippen LogP contribution is -1.97. The molecule has 0 unspecified atom stereocenters. The zero-order chi connectivity index (χ0) is 9.19. The second kappa shape index (κ2) is 3.48. The highest BCUT2D eigenvalue weighted by molar-refractivity contribution is 14.1. The van der Waals surface area contributed by atoms with Crippen LogP contribution in [-0.4, -0.2) is 20.8 Å². The predicted octanol–water partition coefficient (Wildman–Crippen LogP) is 1.25. The minimum absolute atomic E-state index is 0.0459. The maximum atomic E-state index is 11.0. The maximum absolute atomic E-state index is 11.0. The van der Waals surface area contributed by atoms with Crippen LogP contribution in [0.1, 0.15) is 0 Å². The predicted molar refractivity (Wildman–Crippen MR) is 56.4 cm³/mol. The van der Waals surface area contributed by atoms with Crippen molar-refractivity contribution in [3.05, 3.63) is 20.6 Å². The molecular weight excluding hydrogens is 291 g/mol. The Balaban J connectivity index is 3.30. The van der Waals surface area contributed by atoms with Crippen molar-refractivity contribution in [2.24, 2.45) is 4.40 Å². The highest BCUT2D eigenvalue weighted by Gasteiger charge is 2.22. The molecule has 0 spiro atoms. The molecule has 0 aromatic rings. The van der Waals surface area contributed by atoms with Crippen LogP contribution in [0.5, 0.6) is 0 Å². The summed E-state index contributed by atoms with van der Waals surface area (Å²) in [6.45, 7) is 0. The molecule has 0 aromatic carbocycles. The van der Waals surface area contributed by atoms with E-state index >= 15 is 0 Å². The molecule has 12 heavy (non-hydrogen) atoms. The van der Waals surface area contributed by atoms with Crippen molar-refractivity contribution in [3.8, 4) is 0 Å². The number of nitrogens with one attached hydrogen (secondary N) is 1. The van der Waals surface area contributed by atoms with Gasteiger partial charge in [-0.25, -0.2) is 0 Å². The van der Waals surface area contributed by atoms with Crippen molar-refractivity contribution in [1.82, 2.24) is 0 Å². The lowest BCUT2D eigenvalue weighted by molar-refractivity contribution is 0.606. The fraction of sp³-hybridized carbons (Fsp3) is 0. The van der Waals surface area contributed by atoms with Crippen molar-refractivity contribution in [2.75, 3.05) is 0 Å². The van der Waals surface area contributed by atoms with Crippen LogP contribution >= 0.6 is 22.6 Å². The van der Waals surface area contributed by atoms with Gasteiger partial charge < -0.3 is 5.41 Å². The van der Waals surface area contributed by atoms with Crippen molar-refractivity contribution in [1.29, 1.82) is 5.41 Å². The van der Waals surface area contributed by atoms with Gasteiger partial charge in [0.05, 0.1) is 0 Å². The smallest absolute Gasteiger partial charge is 0.284 e. The normalized spacial score (nSPS) is 20.8. The van der Waals surface area contributed by atoms with Gasteiger partial charge in [-0.05, 0) is 10.2 Å². The topological polar surface area (TPSA) is 70.3 Å². The molecule has 1 heterocycles. The van der Waals surface area contributed by atoms with Crippen LogP contribution in [0.25, 0.3) is 0 Å². The third-order valence-corrected chi connectivity index (χ3v) is 2.92. The Morgan fingerprint density at radius 1 is 1.58 bits per heavy atom. The maximum Gasteiger partial charge on any atom is 0.284 e. The number of rotatable bonds is 2. The van der Waals surface area contributed by atoms with Gasteiger partial charge in [-0.2, -0.15) is 12.8 Å². The number of sulfonamides is 1. The van der Waals surface area contributed by atoms with Gasteiger partial charge in [0.15, 0.2) is 0 Å². The first kappa shape index (κ1) is 9.59. The molecule has 0 saturated heterocycles. The van der Waals surface area contributed by atoms with Crippen molar-refractivity contribution >= 4 is 45.0 Å². The van der Waals surface area contributed by atoms with E-state index in [0.717, 1.165) is 6.21 Å². The summed E-state index contributed by atoms with van der Waals surface area (Å²) in [6.07, 6.45) is 3.63. The molecule has 0 atom stereocenters. The fourth-order valence-electron chi connectivity index (χ4n) is 0.746. The van der Waals surface area contributed by atoms with Crippen LogP contribution in [-0.2, 0) is 10.0 Å².